The zero-order valence-corrected chi connectivity index (χ0v) is 30.3. The van der Waals surface area contributed by atoms with E-state index in [2.05, 4.69) is 198 Å². The van der Waals surface area contributed by atoms with Crippen molar-refractivity contribution >= 4 is 11.3 Å². The van der Waals surface area contributed by atoms with Crippen molar-refractivity contribution in [3.05, 3.63) is 234 Å². The molecule has 1 nitrogen and oxygen atoms in total. The van der Waals surface area contributed by atoms with E-state index in [4.69, 9.17) is 4.99 Å². The predicted molar refractivity (Wildman–Crippen MR) is 220 cm³/mol. The van der Waals surface area contributed by atoms with Crippen LogP contribution in [0.15, 0.2) is 200 Å². The molecule has 1 aliphatic rings. The lowest BCUT2D eigenvalue weighted by atomic mass is 9.64. The average Bonchev–Trinajstić information content (AvgIpc) is 3.19. The molecule has 0 saturated heterocycles. The lowest BCUT2D eigenvalue weighted by Gasteiger charge is -2.37. The first-order valence-electron chi connectivity index (χ1n) is 18.2. The summed E-state index contributed by atoms with van der Waals surface area (Å²) < 4.78 is 0. The summed E-state index contributed by atoms with van der Waals surface area (Å²) in [6.45, 7) is 15.1. The summed E-state index contributed by atoms with van der Waals surface area (Å²) in [5.74, 6) is 0.658. The zero-order chi connectivity index (χ0) is 35.6. The Kier molecular flexibility index (Phi) is 11.4. The highest BCUT2D eigenvalue weighted by atomic mass is 14.8. The Bertz CT molecular complexity index is 1990. The van der Waals surface area contributed by atoms with E-state index in [9.17, 15) is 0 Å². The van der Waals surface area contributed by atoms with Crippen molar-refractivity contribution in [3.63, 3.8) is 0 Å². The standard InChI is InChI=1S/C50H49N/c1-6-17-45(7-2)50(46-20-13-9-14-21-46,47-22-15-10-16-23-47)48-34-32-44(33-35-48)49(36-38(4)40-18-11-8-12-19-40)51-39(5)41-28-30-43(31-29-41)42-26-24-37(3)25-27-42/h6-28,30-35,38-39,41H,1-2,29,36H2,3-5H3/b45-17+,51-49+. The van der Waals surface area contributed by atoms with E-state index in [1.807, 2.05) is 12.2 Å². The van der Waals surface area contributed by atoms with Crippen molar-refractivity contribution in [1.29, 1.82) is 0 Å². The van der Waals surface area contributed by atoms with E-state index < -0.39 is 5.41 Å². The second kappa shape index (κ2) is 16.5. The van der Waals surface area contributed by atoms with Crippen LogP contribution in [0.3, 0.4) is 0 Å². The third-order valence-corrected chi connectivity index (χ3v) is 10.4. The van der Waals surface area contributed by atoms with E-state index in [0.717, 1.165) is 29.7 Å². The molecule has 51 heavy (non-hydrogen) atoms. The first-order valence-corrected chi connectivity index (χ1v) is 18.2. The van der Waals surface area contributed by atoms with Gasteiger partial charge in [-0.25, -0.2) is 0 Å². The van der Waals surface area contributed by atoms with Gasteiger partial charge in [-0.05, 0) is 77.1 Å². The highest BCUT2D eigenvalue weighted by molar-refractivity contribution is 6.01. The molecule has 0 bridgehead atoms. The molecule has 254 valence electrons. The van der Waals surface area contributed by atoms with Gasteiger partial charge in [-0.2, -0.15) is 0 Å². The first-order chi connectivity index (χ1) is 24.9. The smallest absolute Gasteiger partial charge is 0.0701 e. The molecule has 1 heteroatoms. The Labute approximate surface area is 305 Å². The molecular weight excluding hydrogens is 615 g/mol. The van der Waals surface area contributed by atoms with Crippen LogP contribution in [0.5, 0.6) is 0 Å². The topological polar surface area (TPSA) is 12.4 Å². The fourth-order valence-corrected chi connectivity index (χ4v) is 7.49. The molecule has 0 amide bonds. The summed E-state index contributed by atoms with van der Waals surface area (Å²) in [5, 5.41) is 0. The highest BCUT2D eigenvalue weighted by Crippen LogP contribution is 2.46. The maximum Gasteiger partial charge on any atom is 0.0701 e. The number of hydrogen-bond donors (Lipinski definition) is 0. The van der Waals surface area contributed by atoms with Crippen LogP contribution in [0.4, 0.5) is 0 Å². The lowest BCUT2D eigenvalue weighted by molar-refractivity contribution is 0.540. The van der Waals surface area contributed by atoms with Gasteiger partial charge in [0.2, 0.25) is 0 Å². The Morgan fingerprint density at radius 2 is 1.31 bits per heavy atom. The Hall–Kier alpha value is -5.53. The molecule has 0 aliphatic heterocycles. The summed E-state index contributed by atoms with van der Waals surface area (Å²) >= 11 is 0. The second-order valence-corrected chi connectivity index (χ2v) is 13.7. The van der Waals surface area contributed by atoms with Crippen molar-refractivity contribution in [2.75, 3.05) is 0 Å². The van der Waals surface area contributed by atoms with Crippen molar-refractivity contribution in [1.82, 2.24) is 0 Å². The van der Waals surface area contributed by atoms with E-state index >= 15 is 0 Å². The van der Waals surface area contributed by atoms with Gasteiger partial charge in [0.1, 0.15) is 0 Å². The fourth-order valence-electron chi connectivity index (χ4n) is 7.49. The molecule has 0 fully saturated rings. The average molecular weight is 664 g/mol. The van der Waals surface area contributed by atoms with Gasteiger partial charge in [0.15, 0.2) is 0 Å². The van der Waals surface area contributed by atoms with Crippen molar-refractivity contribution in [2.24, 2.45) is 10.9 Å². The normalized spacial score (nSPS) is 16.2. The van der Waals surface area contributed by atoms with Crippen LogP contribution in [0.25, 0.3) is 5.57 Å². The number of nitrogens with zero attached hydrogens (tertiary/aromatic N) is 1. The fraction of sp³-hybridized carbons (Fsp3) is 0.180. The minimum Gasteiger partial charge on any atom is -0.285 e. The zero-order valence-electron chi connectivity index (χ0n) is 30.3. The van der Waals surface area contributed by atoms with Gasteiger partial charge in [0.25, 0.3) is 0 Å². The molecule has 1 aliphatic carbocycles. The molecule has 0 spiro atoms. The number of aliphatic imine (C=N–C) groups is 1. The van der Waals surface area contributed by atoms with Gasteiger partial charge < -0.3 is 0 Å². The molecule has 0 N–H and O–H groups in total. The van der Waals surface area contributed by atoms with Crippen LogP contribution in [-0.2, 0) is 5.41 Å². The molecule has 6 rings (SSSR count). The second-order valence-electron chi connectivity index (χ2n) is 13.7. The van der Waals surface area contributed by atoms with E-state index in [1.165, 1.54) is 39.0 Å². The van der Waals surface area contributed by atoms with Crippen LogP contribution in [-0.4, -0.2) is 11.8 Å². The SMILES string of the molecule is C=C/C=C(\C=C)C(c1ccccc1)(c1ccccc1)c1ccc(/C(CC(C)c2ccccc2)=N/C(C)C2C=CC(c3ccc(C)cc3)=CC2)cc1. The maximum absolute atomic E-state index is 5.53. The number of rotatable bonds is 13. The maximum atomic E-state index is 5.53. The Balaban J connectivity index is 1.40. The molecule has 5 aromatic carbocycles. The molecule has 0 radical (unpaired) electrons. The van der Waals surface area contributed by atoms with Crippen molar-refractivity contribution in [2.45, 2.75) is 51.0 Å². The van der Waals surface area contributed by atoms with Crippen molar-refractivity contribution < 1.29 is 0 Å². The van der Waals surface area contributed by atoms with Crippen LogP contribution in [0.1, 0.15) is 71.6 Å². The van der Waals surface area contributed by atoms with Crippen LogP contribution in [0.2, 0.25) is 0 Å². The third kappa shape index (κ3) is 7.79. The summed E-state index contributed by atoms with van der Waals surface area (Å²) in [6, 6.07) is 50.4. The number of allylic oxidation sites excluding steroid dienone is 7. The largest absolute Gasteiger partial charge is 0.285 e. The van der Waals surface area contributed by atoms with Gasteiger partial charge in [-0.15, -0.1) is 0 Å². The minimum atomic E-state index is -0.576. The molecule has 3 atom stereocenters. The summed E-state index contributed by atoms with van der Waals surface area (Å²) in [5.41, 5.74) is 11.5. The Morgan fingerprint density at radius 3 is 1.84 bits per heavy atom. The van der Waals surface area contributed by atoms with Crippen molar-refractivity contribution in [3.8, 4) is 0 Å². The quantitative estimate of drug-likeness (QED) is 0.0675. The number of benzene rings is 5. The molecule has 0 saturated carbocycles. The summed E-state index contributed by atoms with van der Waals surface area (Å²) in [7, 11) is 0. The summed E-state index contributed by atoms with van der Waals surface area (Å²) in [4.78, 5) is 5.53. The van der Waals surface area contributed by atoms with Gasteiger partial charge >= 0.3 is 0 Å². The van der Waals surface area contributed by atoms with E-state index in [-0.39, 0.29) is 6.04 Å². The Morgan fingerprint density at radius 1 is 0.745 bits per heavy atom. The van der Waals surface area contributed by atoms with Gasteiger partial charge in [0.05, 0.1) is 11.5 Å². The summed E-state index contributed by atoms with van der Waals surface area (Å²) in [6.07, 6.45) is 14.8. The van der Waals surface area contributed by atoms with Crippen LogP contribution < -0.4 is 0 Å². The van der Waals surface area contributed by atoms with Crippen LogP contribution >= 0.6 is 0 Å². The highest BCUT2D eigenvalue weighted by Gasteiger charge is 2.38. The van der Waals surface area contributed by atoms with Gasteiger partial charge in [-0.1, -0.05) is 202 Å². The molecule has 0 heterocycles. The van der Waals surface area contributed by atoms with E-state index in [1.54, 1.807) is 0 Å². The minimum absolute atomic E-state index is 0.130. The number of aryl methyl sites for hydroxylation is 1. The predicted octanol–water partition coefficient (Wildman–Crippen LogP) is 12.7. The van der Waals surface area contributed by atoms with Crippen LogP contribution in [0, 0.1) is 12.8 Å². The first kappa shape index (κ1) is 35.3. The molecule has 5 aromatic rings. The van der Waals surface area contributed by atoms with Gasteiger partial charge in [-0.3, -0.25) is 4.99 Å². The molecular formula is C50H49N. The number of hydrogen-bond acceptors (Lipinski definition) is 1. The molecule has 3 unspecified atom stereocenters. The van der Waals surface area contributed by atoms with E-state index in [0.29, 0.717) is 11.8 Å². The third-order valence-electron chi connectivity index (χ3n) is 10.4. The van der Waals surface area contributed by atoms with Gasteiger partial charge in [0, 0.05) is 11.6 Å². The lowest BCUT2D eigenvalue weighted by Crippen LogP contribution is -2.31. The molecule has 0 aromatic heterocycles. The monoisotopic (exact) mass is 663 g/mol.